The minimum absolute atomic E-state index is 0.0509. The number of phosphoric acid groups is 1. The number of benzene rings is 1. The van der Waals surface area contributed by atoms with Crippen molar-refractivity contribution in [3.8, 4) is 0 Å². The zero-order valence-electron chi connectivity index (χ0n) is 13.6. The maximum Gasteiger partial charge on any atom is 0.470 e. The van der Waals surface area contributed by atoms with Crippen molar-refractivity contribution in [2.75, 3.05) is 0 Å². The van der Waals surface area contributed by atoms with Gasteiger partial charge in [0.2, 0.25) is 0 Å². The third-order valence-corrected chi connectivity index (χ3v) is 4.77. The molecule has 0 saturated heterocycles. The summed E-state index contributed by atoms with van der Waals surface area (Å²) >= 11 is 0. The van der Waals surface area contributed by atoms with Gasteiger partial charge in [0, 0.05) is 5.92 Å². The van der Waals surface area contributed by atoms with E-state index in [2.05, 4.69) is 13.8 Å². The zero-order chi connectivity index (χ0) is 16.3. The van der Waals surface area contributed by atoms with Crippen molar-refractivity contribution < 1.29 is 18.9 Å². The summed E-state index contributed by atoms with van der Waals surface area (Å²) < 4.78 is 16.4. The Kier molecular flexibility index (Phi) is 6.18. The molecule has 1 unspecified atom stereocenters. The predicted molar refractivity (Wildman–Crippen MR) is 85.4 cm³/mol. The molecule has 0 radical (unpaired) electrons. The predicted octanol–water partition coefficient (Wildman–Crippen LogP) is 4.47. The molecule has 120 valence electrons. The van der Waals surface area contributed by atoms with Crippen LogP contribution in [0.4, 0.5) is 0 Å². The van der Waals surface area contributed by atoms with E-state index >= 15 is 0 Å². The van der Waals surface area contributed by atoms with Gasteiger partial charge in [0.15, 0.2) is 0 Å². The van der Waals surface area contributed by atoms with Crippen molar-refractivity contribution in [2.24, 2.45) is 0 Å². The average molecular weight is 314 g/mol. The van der Waals surface area contributed by atoms with Gasteiger partial charge in [-0.2, -0.15) is 0 Å². The first kappa shape index (κ1) is 18.4. The fourth-order valence-electron chi connectivity index (χ4n) is 2.81. The second-order valence-electron chi connectivity index (χ2n) is 6.17. The van der Waals surface area contributed by atoms with E-state index < -0.39 is 13.4 Å². The summed E-state index contributed by atoms with van der Waals surface area (Å²) in [6.07, 6.45) is 2.87. The third-order valence-electron chi connectivity index (χ3n) is 4.06. The van der Waals surface area contributed by atoms with Crippen molar-refractivity contribution in [1.82, 2.24) is 0 Å². The highest BCUT2D eigenvalue weighted by Gasteiger charge is 2.37. The van der Waals surface area contributed by atoms with Crippen LogP contribution in [0.15, 0.2) is 18.2 Å². The van der Waals surface area contributed by atoms with Gasteiger partial charge in [0.25, 0.3) is 0 Å². The van der Waals surface area contributed by atoms with Crippen LogP contribution in [0.2, 0.25) is 0 Å². The average Bonchev–Trinajstić information content (AvgIpc) is 2.31. The first-order valence-corrected chi connectivity index (χ1v) is 8.94. The molecule has 0 heterocycles. The van der Waals surface area contributed by atoms with E-state index in [4.69, 9.17) is 4.52 Å². The smallest absolute Gasteiger partial charge is 0.303 e. The number of rotatable bonds is 7. The van der Waals surface area contributed by atoms with Gasteiger partial charge in [0.1, 0.15) is 0 Å². The Morgan fingerprint density at radius 2 is 1.90 bits per heavy atom. The van der Waals surface area contributed by atoms with Crippen molar-refractivity contribution in [2.45, 2.75) is 65.4 Å². The van der Waals surface area contributed by atoms with Crippen molar-refractivity contribution in [3.63, 3.8) is 0 Å². The van der Waals surface area contributed by atoms with E-state index in [0.29, 0.717) is 0 Å². The van der Waals surface area contributed by atoms with Crippen molar-refractivity contribution in [3.05, 3.63) is 34.9 Å². The Hall–Kier alpha value is -0.670. The maximum atomic E-state index is 11.3. The van der Waals surface area contributed by atoms with E-state index in [9.17, 15) is 14.4 Å². The summed E-state index contributed by atoms with van der Waals surface area (Å²) in [5.74, 6) is -0.0509. The molecule has 0 aromatic heterocycles. The van der Waals surface area contributed by atoms with Gasteiger partial charge >= 0.3 is 7.82 Å². The highest BCUT2D eigenvalue weighted by Crippen LogP contribution is 2.48. The lowest BCUT2D eigenvalue weighted by Gasteiger charge is -2.35. The lowest BCUT2D eigenvalue weighted by atomic mass is 9.78. The Labute approximate surface area is 127 Å². The molecule has 0 aliphatic heterocycles. The van der Waals surface area contributed by atoms with Crippen LogP contribution in [-0.2, 0) is 9.09 Å². The Morgan fingerprint density at radius 1 is 1.29 bits per heavy atom. The molecule has 1 aromatic rings. The summed E-state index contributed by atoms with van der Waals surface area (Å²) in [5, 5.41) is 0. The molecule has 0 fully saturated rings. The number of hydrogen-bond donors (Lipinski definition) is 2. The van der Waals surface area contributed by atoms with Crippen LogP contribution in [0, 0.1) is 13.8 Å². The fourth-order valence-corrected chi connectivity index (χ4v) is 3.55. The number of phosphoric ester groups is 1. The second kappa shape index (κ2) is 7.06. The van der Waals surface area contributed by atoms with Crippen LogP contribution in [0.5, 0.6) is 0 Å². The van der Waals surface area contributed by atoms with Crippen LogP contribution in [0.25, 0.3) is 0 Å². The molecule has 5 heteroatoms. The van der Waals surface area contributed by atoms with Gasteiger partial charge in [-0.1, -0.05) is 38.0 Å². The lowest BCUT2D eigenvalue weighted by Crippen LogP contribution is -2.32. The van der Waals surface area contributed by atoms with Crippen LogP contribution in [0.3, 0.4) is 0 Å². The van der Waals surface area contributed by atoms with Crippen LogP contribution >= 0.6 is 7.82 Å². The van der Waals surface area contributed by atoms with E-state index in [1.165, 1.54) is 11.1 Å². The molecule has 1 aromatic carbocycles. The normalized spacial score (nSPS) is 14.2. The molecule has 0 aliphatic rings. The van der Waals surface area contributed by atoms with Crippen molar-refractivity contribution >= 4 is 7.82 Å². The van der Waals surface area contributed by atoms with Gasteiger partial charge in [-0.25, -0.2) is 4.57 Å². The topological polar surface area (TPSA) is 66.8 Å². The van der Waals surface area contributed by atoms with E-state index in [-0.39, 0.29) is 5.92 Å². The summed E-state index contributed by atoms with van der Waals surface area (Å²) in [5.41, 5.74) is 2.54. The minimum Gasteiger partial charge on any atom is -0.303 e. The Bertz CT molecular complexity index is 519. The summed E-state index contributed by atoms with van der Waals surface area (Å²) in [4.78, 5) is 18.4. The van der Waals surface area contributed by atoms with Gasteiger partial charge in [-0.3, -0.25) is 4.52 Å². The Morgan fingerprint density at radius 3 is 2.43 bits per heavy atom. The SMILES string of the molecule is CCCCC(c1cccc(C)c1C)C(C)(C)OP(=O)(O)O. The summed E-state index contributed by atoms with van der Waals surface area (Å²) in [6.45, 7) is 9.73. The third kappa shape index (κ3) is 5.23. The molecular formula is C16H27O4P. The number of hydrogen-bond acceptors (Lipinski definition) is 2. The van der Waals surface area contributed by atoms with Gasteiger partial charge in [0.05, 0.1) is 5.60 Å². The lowest BCUT2D eigenvalue weighted by molar-refractivity contribution is 0.0377. The quantitative estimate of drug-likeness (QED) is 0.729. The summed E-state index contributed by atoms with van der Waals surface area (Å²) in [6, 6.07) is 6.07. The van der Waals surface area contributed by atoms with Gasteiger partial charge < -0.3 is 9.79 Å². The maximum absolute atomic E-state index is 11.3. The van der Waals surface area contributed by atoms with Gasteiger partial charge in [-0.05, 0) is 50.8 Å². The molecule has 0 amide bonds. The first-order valence-electron chi connectivity index (χ1n) is 7.41. The zero-order valence-corrected chi connectivity index (χ0v) is 14.5. The Balaban J connectivity index is 3.22. The second-order valence-corrected chi connectivity index (χ2v) is 7.33. The molecule has 4 nitrogen and oxygen atoms in total. The van der Waals surface area contributed by atoms with Crippen LogP contribution < -0.4 is 0 Å². The molecule has 2 N–H and O–H groups in total. The fraction of sp³-hybridized carbons (Fsp3) is 0.625. The molecule has 1 rings (SSSR count). The molecule has 0 aliphatic carbocycles. The molecular weight excluding hydrogens is 287 g/mol. The van der Waals surface area contributed by atoms with Crippen molar-refractivity contribution in [1.29, 1.82) is 0 Å². The molecule has 0 saturated carbocycles. The summed E-state index contributed by atoms with van der Waals surface area (Å²) in [7, 11) is -4.52. The highest BCUT2D eigenvalue weighted by molar-refractivity contribution is 7.46. The number of unbranched alkanes of at least 4 members (excludes halogenated alkanes) is 1. The van der Waals surface area contributed by atoms with E-state index in [1.54, 1.807) is 13.8 Å². The minimum atomic E-state index is -4.52. The van der Waals surface area contributed by atoms with Crippen LogP contribution in [0.1, 0.15) is 62.6 Å². The monoisotopic (exact) mass is 314 g/mol. The van der Waals surface area contributed by atoms with Gasteiger partial charge in [-0.15, -0.1) is 0 Å². The highest BCUT2D eigenvalue weighted by atomic mass is 31.2. The molecule has 21 heavy (non-hydrogen) atoms. The standard InChI is InChI=1S/C16H27O4P/c1-6-7-11-15(16(4,5)20-21(17,18)19)14-10-8-9-12(2)13(14)3/h8-10,15H,6-7,11H2,1-5H3,(H2,17,18,19). The molecule has 0 spiro atoms. The van der Waals surface area contributed by atoms with E-state index in [1.807, 2.05) is 25.1 Å². The van der Waals surface area contributed by atoms with Crippen LogP contribution in [-0.4, -0.2) is 15.4 Å². The molecule has 0 bridgehead atoms. The number of aryl methyl sites for hydroxylation is 1. The largest absolute Gasteiger partial charge is 0.470 e. The molecule has 1 atom stereocenters. The first-order chi connectivity index (χ1) is 9.58. The van der Waals surface area contributed by atoms with E-state index in [0.717, 1.165) is 24.8 Å².